The van der Waals surface area contributed by atoms with Gasteiger partial charge in [0, 0.05) is 19.0 Å². The van der Waals surface area contributed by atoms with Gasteiger partial charge in [0.25, 0.3) is 0 Å². The van der Waals surface area contributed by atoms with Gasteiger partial charge in [-0.3, -0.25) is 0 Å². The molecule has 0 spiro atoms. The first-order valence-electron chi connectivity index (χ1n) is 7.85. The first-order chi connectivity index (χ1) is 12.3. The van der Waals surface area contributed by atoms with Gasteiger partial charge in [0.05, 0.1) is 15.7 Å². The summed E-state index contributed by atoms with van der Waals surface area (Å²) in [6.07, 6.45) is 0.893. The number of benzene rings is 1. The first-order valence-corrected chi connectivity index (χ1v) is 8.60. The number of carboxylic acids is 1. The number of halogens is 2. The van der Waals surface area contributed by atoms with Gasteiger partial charge < -0.3 is 14.6 Å². The van der Waals surface area contributed by atoms with E-state index in [1.807, 2.05) is 0 Å². The summed E-state index contributed by atoms with van der Waals surface area (Å²) in [5.74, 6) is -0.291. The molecule has 9 heteroatoms. The second kappa shape index (κ2) is 7.06. The van der Waals surface area contributed by atoms with Gasteiger partial charge in [-0.25, -0.2) is 9.48 Å². The molecule has 1 aromatic carbocycles. The molecular weight excluding hydrogens is 381 g/mol. The molecule has 1 atom stereocenters. The Hall–Kier alpha value is -2.43. The van der Waals surface area contributed by atoms with Crippen LogP contribution in [0.5, 0.6) is 17.4 Å². The molecule has 1 aliphatic carbocycles. The summed E-state index contributed by atoms with van der Waals surface area (Å²) in [7, 11) is 1.68. The second-order valence-corrected chi connectivity index (χ2v) is 6.80. The number of hydrogen-bond donors (Lipinski definition) is 1. The molecule has 7 nitrogen and oxygen atoms in total. The lowest BCUT2D eigenvalue weighted by atomic mass is 10.2. The highest BCUT2D eigenvalue weighted by atomic mass is 35.5. The molecule has 0 bridgehead atoms. The average Bonchev–Trinajstić information content (AvgIpc) is 3.37. The molecule has 0 saturated heterocycles. The van der Waals surface area contributed by atoms with Gasteiger partial charge in [-0.1, -0.05) is 23.2 Å². The number of nitrogens with zero attached hydrogens (tertiary/aromatic N) is 3. The molecule has 1 fully saturated rings. The van der Waals surface area contributed by atoms with Crippen molar-refractivity contribution in [1.29, 1.82) is 5.26 Å². The lowest BCUT2D eigenvalue weighted by molar-refractivity contribution is -0.144. The van der Waals surface area contributed by atoms with Crippen molar-refractivity contribution in [3.63, 3.8) is 0 Å². The minimum atomic E-state index is -1.13. The Balaban J connectivity index is 1.95. The fourth-order valence-electron chi connectivity index (χ4n) is 2.42. The van der Waals surface area contributed by atoms with Crippen molar-refractivity contribution in [2.45, 2.75) is 31.8 Å². The lowest BCUT2D eigenvalue weighted by Gasteiger charge is -2.14. The van der Waals surface area contributed by atoms with Crippen molar-refractivity contribution in [3.05, 3.63) is 33.4 Å². The topological polar surface area (TPSA) is 97.4 Å². The van der Waals surface area contributed by atoms with E-state index in [0.717, 1.165) is 12.8 Å². The predicted octanol–water partition coefficient (Wildman–Crippen LogP) is 4.12. The van der Waals surface area contributed by atoms with Crippen molar-refractivity contribution in [2.24, 2.45) is 7.05 Å². The van der Waals surface area contributed by atoms with Crippen LogP contribution in [-0.2, 0) is 11.8 Å². The zero-order chi connectivity index (χ0) is 19.0. The highest BCUT2D eigenvalue weighted by Gasteiger charge is 2.32. The van der Waals surface area contributed by atoms with Gasteiger partial charge in [0.15, 0.2) is 11.9 Å². The van der Waals surface area contributed by atoms with Crippen molar-refractivity contribution < 1.29 is 19.4 Å². The zero-order valence-electron chi connectivity index (χ0n) is 14.0. The third-order valence-corrected chi connectivity index (χ3v) is 4.53. The van der Waals surface area contributed by atoms with Crippen LogP contribution in [-0.4, -0.2) is 27.0 Å². The molecule has 0 aliphatic heterocycles. The number of carbonyl (C=O) groups is 1. The van der Waals surface area contributed by atoms with Crippen LogP contribution >= 0.6 is 23.2 Å². The molecule has 136 valence electrons. The van der Waals surface area contributed by atoms with Crippen LogP contribution in [0.3, 0.4) is 0 Å². The lowest BCUT2D eigenvalue weighted by Crippen LogP contribution is -2.23. The summed E-state index contributed by atoms with van der Waals surface area (Å²) in [5, 5.41) is 23.2. The highest BCUT2D eigenvalue weighted by molar-refractivity contribution is 6.36. The molecule has 1 aromatic heterocycles. The van der Waals surface area contributed by atoms with Crippen molar-refractivity contribution in [3.8, 4) is 23.4 Å². The zero-order valence-corrected chi connectivity index (χ0v) is 15.5. The van der Waals surface area contributed by atoms with Crippen LogP contribution in [0, 0.1) is 11.3 Å². The summed E-state index contributed by atoms with van der Waals surface area (Å²) >= 11 is 12.3. The van der Waals surface area contributed by atoms with Crippen molar-refractivity contribution in [2.75, 3.05) is 0 Å². The van der Waals surface area contributed by atoms with E-state index >= 15 is 0 Å². The SMILES string of the molecule is C[C@H](Oc1cc(Oc2c(C#N)c(C3CC3)nn2C)c(Cl)cc1Cl)C(=O)O. The van der Waals surface area contributed by atoms with E-state index in [2.05, 4.69) is 11.2 Å². The number of nitriles is 1. The van der Waals surface area contributed by atoms with Gasteiger partial charge in [-0.15, -0.1) is 0 Å². The van der Waals surface area contributed by atoms with Crippen molar-refractivity contribution in [1.82, 2.24) is 9.78 Å². The second-order valence-electron chi connectivity index (χ2n) is 5.99. The summed E-state index contributed by atoms with van der Waals surface area (Å²) in [4.78, 5) is 11.0. The minimum absolute atomic E-state index is 0.115. The Kier molecular flexibility index (Phi) is 4.99. The van der Waals surface area contributed by atoms with Gasteiger partial charge in [0.2, 0.25) is 5.88 Å². The number of aliphatic carboxylic acids is 1. The molecule has 0 unspecified atom stereocenters. The molecule has 1 heterocycles. The number of aryl methyl sites for hydroxylation is 1. The summed E-state index contributed by atoms with van der Waals surface area (Å²) < 4.78 is 12.6. The fourth-order valence-corrected chi connectivity index (χ4v) is 2.88. The standard InChI is InChI=1S/C17H15Cl2N3O4/c1-8(17(23)24)25-13-6-14(12(19)5-11(13)18)26-16-10(7-20)15(9-3-4-9)21-22(16)2/h5-6,8-9H,3-4H2,1-2H3,(H,23,24)/t8-/m0/s1. The molecule has 3 rings (SSSR count). The van der Waals surface area contributed by atoms with Crippen LogP contribution < -0.4 is 9.47 Å². The van der Waals surface area contributed by atoms with Crippen LogP contribution in [0.2, 0.25) is 10.0 Å². The number of aromatic nitrogens is 2. The van der Waals surface area contributed by atoms with Crippen LogP contribution in [0.25, 0.3) is 0 Å². The van der Waals surface area contributed by atoms with Crippen molar-refractivity contribution >= 4 is 29.2 Å². The number of rotatable bonds is 6. The Morgan fingerprint density at radius 2 is 2.04 bits per heavy atom. The van der Waals surface area contributed by atoms with E-state index < -0.39 is 12.1 Å². The van der Waals surface area contributed by atoms with Gasteiger partial charge in [-0.2, -0.15) is 10.4 Å². The summed E-state index contributed by atoms with van der Waals surface area (Å²) in [5.41, 5.74) is 1.08. The largest absolute Gasteiger partial charge is 0.479 e. The van der Waals surface area contributed by atoms with Gasteiger partial charge in [0.1, 0.15) is 17.4 Å². The fraction of sp³-hybridized carbons (Fsp3) is 0.353. The highest BCUT2D eigenvalue weighted by Crippen LogP contribution is 2.44. The molecule has 1 aliphatic rings. The van der Waals surface area contributed by atoms with E-state index in [0.29, 0.717) is 11.3 Å². The molecule has 0 radical (unpaired) electrons. The van der Waals surface area contributed by atoms with E-state index in [1.54, 1.807) is 7.05 Å². The van der Waals surface area contributed by atoms with E-state index in [9.17, 15) is 10.1 Å². The van der Waals surface area contributed by atoms with Gasteiger partial charge in [-0.05, 0) is 25.8 Å². The average molecular weight is 396 g/mol. The Morgan fingerprint density at radius 1 is 1.38 bits per heavy atom. The molecule has 2 aromatic rings. The normalized spacial score (nSPS) is 14.6. The van der Waals surface area contributed by atoms with Crippen LogP contribution in [0.15, 0.2) is 12.1 Å². The molecule has 1 saturated carbocycles. The maximum atomic E-state index is 11.0. The van der Waals surface area contributed by atoms with Gasteiger partial charge >= 0.3 is 5.97 Å². The smallest absolute Gasteiger partial charge is 0.344 e. The number of hydrogen-bond acceptors (Lipinski definition) is 5. The van der Waals surface area contributed by atoms with E-state index in [4.69, 9.17) is 37.8 Å². The molecule has 26 heavy (non-hydrogen) atoms. The monoisotopic (exact) mass is 395 g/mol. The Bertz CT molecular complexity index is 916. The molecular formula is C17H15Cl2N3O4. The number of carboxylic acid groups (broad SMARTS) is 1. The maximum Gasteiger partial charge on any atom is 0.344 e. The van der Waals surface area contributed by atoms with E-state index in [-0.39, 0.29) is 33.3 Å². The number of ether oxygens (including phenoxy) is 2. The molecule has 0 amide bonds. The quantitative estimate of drug-likeness (QED) is 0.789. The molecule has 1 N–H and O–H groups in total. The summed E-state index contributed by atoms with van der Waals surface area (Å²) in [6, 6.07) is 4.93. The van der Waals surface area contributed by atoms with Crippen LogP contribution in [0.4, 0.5) is 0 Å². The Morgan fingerprint density at radius 3 is 2.62 bits per heavy atom. The third-order valence-electron chi connectivity index (χ3n) is 3.94. The minimum Gasteiger partial charge on any atom is -0.479 e. The third kappa shape index (κ3) is 3.57. The maximum absolute atomic E-state index is 11.0. The predicted molar refractivity (Wildman–Crippen MR) is 94.2 cm³/mol. The summed E-state index contributed by atoms with van der Waals surface area (Å²) in [6.45, 7) is 1.38. The first kappa shape index (κ1) is 18.4. The van der Waals surface area contributed by atoms with Crippen LogP contribution in [0.1, 0.15) is 36.9 Å². The Labute approximate surface area is 159 Å². The van der Waals surface area contributed by atoms with E-state index in [1.165, 1.54) is 23.7 Å².